The fourth-order valence-corrected chi connectivity index (χ4v) is 7.73. The number of aliphatic carboxylic acids is 1. The van der Waals surface area contributed by atoms with Gasteiger partial charge in [-0.05, 0) is 100 Å². The Kier molecular flexibility index (Phi) is 14.3. The van der Waals surface area contributed by atoms with Crippen LogP contribution in [-0.2, 0) is 33.4 Å². The molecule has 4 rings (SSSR count). The number of hydrogen-bond acceptors (Lipinski definition) is 9. The maximum absolute atomic E-state index is 13.4. The summed E-state index contributed by atoms with van der Waals surface area (Å²) in [5.41, 5.74) is -0.860. The Labute approximate surface area is 295 Å². The molecule has 0 spiro atoms. The lowest BCUT2D eigenvalue weighted by Crippen LogP contribution is -2.39. The van der Waals surface area contributed by atoms with Gasteiger partial charge in [-0.15, -0.1) is 6.42 Å². The fourth-order valence-electron chi connectivity index (χ4n) is 7.73. The van der Waals surface area contributed by atoms with Crippen LogP contribution < -0.4 is 4.74 Å². The number of unbranched alkanes of at least 4 members (excludes halogenated alkanes) is 2. The predicted octanol–water partition coefficient (Wildman–Crippen LogP) is 7.00. The van der Waals surface area contributed by atoms with Gasteiger partial charge in [-0.25, -0.2) is 9.59 Å². The lowest BCUT2D eigenvalue weighted by atomic mass is 9.67. The Hall–Kier alpha value is -4.31. The minimum Gasteiger partial charge on any atom is -0.472 e. The van der Waals surface area contributed by atoms with E-state index in [1.807, 2.05) is 5.92 Å². The number of esters is 4. The number of hydrogen-bond donors (Lipinski definition) is 1. The molecule has 0 atom stereocenters. The summed E-state index contributed by atoms with van der Waals surface area (Å²) < 4.78 is 21.2. The van der Waals surface area contributed by atoms with Crippen molar-refractivity contribution in [3.05, 3.63) is 29.3 Å². The molecule has 1 N–H and O–H groups in total. The van der Waals surface area contributed by atoms with Gasteiger partial charge in [0.05, 0.1) is 23.0 Å². The molecule has 0 unspecified atom stereocenters. The van der Waals surface area contributed by atoms with Crippen molar-refractivity contribution in [1.82, 2.24) is 0 Å². The van der Waals surface area contributed by atoms with Gasteiger partial charge in [0.15, 0.2) is 5.60 Å². The van der Waals surface area contributed by atoms with Crippen LogP contribution in [0.4, 0.5) is 0 Å². The summed E-state index contributed by atoms with van der Waals surface area (Å²) in [6, 6.07) is 4.20. The second-order valence-corrected chi connectivity index (χ2v) is 14.1. The highest BCUT2D eigenvalue weighted by Crippen LogP contribution is 2.44. The van der Waals surface area contributed by atoms with Gasteiger partial charge in [0.2, 0.25) is 6.79 Å². The van der Waals surface area contributed by atoms with Crippen LogP contribution >= 0.6 is 0 Å². The van der Waals surface area contributed by atoms with Gasteiger partial charge in [0, 0.05) is 12.8 Å². The number of carboxylic acid groups (broad SMARTS) is 1. The standard InChI is InChI=1S/C40H50O10/c1-4-6-7-8-28-9-11-29(12-10-28)30-21-23-40(5-2,24-22-30)50-39(46)34-17-19-35(33(25-34)18-20-36(42)43)49-38(45)32-15-13-31(14-16-32)37(44)48-26-47-27(3)41/h2,17,19,25,28-32H,4,6-16,21-24,26H2,1,3H3,(H,42,43). The highest BCUT2D eigenvalue weighted by Gasteiger charge is 2.40. The molecule has 3 aliphatic rings. The lowest BCUT2D eigenvalue weighted by molar-refractivity contribution is -0.170. The van der Waals surface area contributed by atoms with Crippen LogP contribution in [0, 0.1) is 53.8 Å². The SMILES string of the molecule is C#CC1(OC(=O)c2ccc(OC(=O)C3CCC(C(=O)OCOC(C)=O)CC3)c(C#CC(=O)O)c2)CCC(C2CCC(CCCCC)CC2)CC1. The zero-order valence-corrected chi connectivity index (χ0v) is 29.3. The average Bonchev–Trinajstić information content (AvgIpc) is 3.11. The van der Waals surface area contributed by atoms with Crippen LogP contribution in [0.15, 0.2) is 18.2 Å². The number of carbonyl (C=O) groups is 5. The quantitative estimate of drug-likeness (QED) is 0.0801. The molecule has 270 valence electrons. The van der Waals surface area contributed by atoms with Crippen LogP contribution in [0.5, 0.6) is 5.75 Å². The molecule has 10 nitrogen and oxygen atoms in total. The van der Waals surface area contributed by atoms with E-state index in [9.17, 15) is 29.1 Å². The molecule has 50 heavy (non-hydrogen) atoms. The first-order valence-corrected chi connectivity index (χ1v) is 18.1. The van der Waals surface area contributed by atoms with E-state index in [4.69, 9.17) is 20.6 Å². The van der Waals surface area contributed by atoms with E-state index in [0.29, 0.717) is 50.4 Å². The van der Waals surface area contributed by atoms with Gasteiger partial charge in [-0.1, -0.05) is 57.3 Å². The van der Waals surface area contributed by atoms with Gasteiger partial charge in [0.1, 0.15) is 5.75 Å². The van der Waals surface area contributed by atoms with Crippen LogP contribution in [0.1, 0.15) is 133 Å². The van der Waals surface area contributed by atoms with E-state index in [1.165, 1.54) is 76.5 Å². The molecule has 3 aliphatic carbocycles. The van der Waals surface area contributed by atoms with Gasteiger partial charge < -0.3 is 24.1 Å². The third kappa shape index (κ3) is 11.1. The molecule has 0 aliphatic heterocycles. The van der Waals surface area contributed by atoms with Crippen LogP contribution in [0.3, 0.4) is 0 Å². The van der Waals surface area contributed by atoms with Crippen molar-refractivity contribution >= 4 is 29.8 Å². The van der Waals surface area contributed by atoms with E-state index in [2.05, 4.69) is 23.5 Å². The third-order valence-corrected chi connectivity index (χ3v) is 10.8. The van der Waals surface area contributed by atoms with Gasteiger partial charge in [-0.3, -0.25) is 14.4 Å². The highest BCUT2D eigenvalue weighted by molar-refractivity contribution is 5.92. The second-order valence-electron chi connectivity index (χ2n) is 14.1. The predicted molar refractivity (Wildman–Crippen MR) is 183 cm³/mol. The largest absolute Gasteiger partial charge is 0.472 e. The number of rotatable bonds is 12. The van der Waals surface area contributed by atoms with Crippen molar-refractivity contribution in [1.29, 1.82) is 0 Å². The van der Waals surface area contributed by atoms with Crippen LogP contribution in [-0.4, -0.2) is 47.3 Å². The van der Waals surface area contributed by atoms with Gasteiger partial charge in [0.25, 0.3) is 0 Å². The summed E-state index contributed by atoms with van der Waals surface area (Å²) in [6.07, 6.45) is 20.8. The Balaban J connectivity index is 1.33. The number of ether oxygens (including phenoxy) is 4. The summed E-state index contributed by atoms with van der Waals surface area (Å²) in [5.74, 6) is 4.81. The second kappa shape index (κ2) is 18.6. The third-order valence-electron chi connectivity index (χ3n) is 10.8. The van der Waals surface area contributed by atoms with Gasteiger partial charge >= 0.3 is 29.8 Å². The van der Waals surface area contributed by atoms with E-state index in [-0.39, 0.29) is 16.9 Å². The summed E-state index contributed by atoms with van der Waals surface area (Å²) in [5, 5.41) is 9.18. The van der Waals surface area contributed by atoms with Crippen LogP contribution in [0.25, 0.3) is 0 Å². The van der Waals surface area contributed by atoms with Crippen LogP contribution in [0.2, 0.25) is 0 Å². The van der Waals surface area contributed by atoms with Crippen molar-refractivity contribution in [2.75, 3.05) is 6.79 Å². The molecule has 0 bridgehead atoms. The molecule has 10 heteroatoms. The van der Waals surface area contributed by atoms with Crippen molar-refractivity contribution in [3.63, 3.8) is 0 Å². The molecule has 0 aromatic heterocycles. The van der Waals surface area contributed by atoms with Crippen molar-refractivity contribution in [2.45, 2.75) is 122 Å². The number of carboxylic acids is 1. The first-order chi connectivity index (χ1) is 24.0. The van der Waals surface area contributed by atoms with E-state index in [1.54, 1.807) is 0 Å². The highest BCUT2D eigenvalue weighted by atomic mass is 16.7. The summed E-state index contributed by atoms with van der Waals surface area (Å²) in [4.78, 5) is 60.9. The fraction of sp³-hybridized carbons (Fsp3) is 0.625. The number of terminal acetylenes is 1. The maximum atomic E-state index is 13.4. The smallest absolute Gasteiger partial charge is 0.382 e. The molecule has 1 aromatic carbocycles. The minimum absolute atomic E-state index is 0.00970. The Morgan fingerprint density at radius 1 is 0.860 bits per heavy atom. The number of benzene rings is 1. The molecule has 0 heterocycles. The maximum Gasteiger partial charge on any atom is 0.382 e. The molecular weight excluding hydrogens is 640 g/mol. The lowest BCUT2D eigenvalue weighted by Gasteiger charge is -2.41. The summed E-state index contributed by atoms with van der Waals surface area (Å²) in [7, 11) is 0. The van der Waals surface area contributed by atoms with E-state index in [0.717, 1.165) is 18.8 Å². The zero-order valence-electron chi connectivity index (χ0n) is 29.3. The summed E-state index contributed by atoms with van der Waals surface area (Å²) >= 11 is 0. The first-order valence-electron chi connectivity index (χ1n) is 18.1. The topological polar surface area (TPSA) is 142 Å². The normalized spacial score (nSPS) is 26.2. The Morgan fingerprint density at radius 2 is 1.50 bits per heavy atom. The molecule has 1 aromatic rings. The van der Waals surface area contributed by atoms with Crippen molar-refractivity contribution < 1.29 is 48.0 Å². The average molecular weight is 691 g/mol. The first kappa shape index (κ1) is 38.5. The van der Waals surface area contributed by atoms with Crippen molar-refractivity contribution in [3.8, 4) is 29.9 Å². The molecule has 0 radical (unpaired) electrons. The molecule has 0 amide bonds. The summed E-state index contributed by atoms with van der Waals surface area (Å²) in [6.45, 7) is 3.00. The van der Waals surface area contributed by atoms with Crippen molar-refractivity contribution in [2.24, 2.45) is 29.6 Å². The molecular formula is C40H50O10. The minimum atomic E-state index is -1.39. The monoisotopic (exact) mass is 690 g/mol. The zero-order chi connectivity index (χ0) is 36.1. The van der Waals surface area contributed by atoms with E-state index >= 15 is 0 Å². The van der Waals surface area contributed by atoms with E-state index < -0.39 is 54.1 Å². The molecule has 0 saturated heterocycles. The Bertz CT molecular complexity index is 1470. The molecule has 3 fully saturated rings. The number of carbonyl (C=O) groups excluding carboxylic acids is 4. The Morgan fingerprint density at radius 3 is 2.10 bits per heavy atom. The molecule has 3 saturated carbocycles. The van der Waals surface area contributed by atoms with Gasteiger partial charge in [-0.2, -0.15) is 0 Å².